The Labute approximate surface area is 157 Å². The van der Waals surface area contributed by atoms with Crippen molar-refractivity contribution in [3.8, 4) is 11.5 Å². The molecule has 2 rings (SSSR count). The summed E-state index contributed by atoms with van der Waals surface area (Å²) in [6.07, 6.45) is 0. The predicted molar refractivity (Wildman–Crippen MR) is 77.8 cm³/mol. The SMILES string of the molecule is COc1ccc(C(=O)C2=C([O-])N(C(C)C)CC2=O)c(OC)c1.[Na+]. The quantitative estimate of drug-likeness (QED) is 0.346. The van der Waals surface area contributed by atoms with Crippen LogP contribution in [0, 0.1) is 0 Å². The molecule has 0 bridgehead atoms. The Balaban J connectivity index is 0.00000264. The third-order valence-electron chi connectivity index (χ3n) is 3.57. The first-order valence-electron chi connectivity index (χ1n) is 6.88. The number of hydrogen-bond acceptors (Lipinski definition) is 6. The van der Waals surface area contributed by atoms with Crippen molar-refractivity contribution < 1.29 is 53.7 Å². The zero-order valence-corrected chi connectivity index (χ0v) is 16.0. The third-order valence-corrected chi connectivity index (χ3v) is 3.57. The zero-order valence-electron chi connectivity index (χ0n) is 14.0. The van der Waals surface area contributed by atoms with Gasteiger partial charge in [0.1, 0.15) is 11.5 Å². The van der Waals surface area contributed by atoms with Gasteiger partial charge in [-0.05, 0) is 31.9 Å². The number of nitrogens with zero attached hydrogens (tertiary/aromatic N) is 1. The van der Waals surface area contributed by atoms with E-state index in [0.29, 0.717) is 5.75 Å². The van der Waals surface area contributed by atoms with Gasteiger partial charge in [-0.1, -0.05) is 0 Å². The predicted octanol–water partition coefficient (Wildman–Crippen LogP) is -2.24. The van der Waals surface area contributed by atoms with E-state index in [0.717, 1.165) is 0 Å². The number of Topliss-reactive ketones (excluding diaryl/α,β-unsaturated/α-hetero) is 2. The zero-order chi connectivity index (χ0) is 16.4. The fourth-order valence-electron chi connectivity index (χ4n) is 2.33. The Kier molecular flexibility index (Phi) is 6.68. The second-order valence-corrected chi connectivity index (χ2v) is 5.22. The summed E-state index contributed by atoms with van der Waals surface area (Å²) in [6, 6.07) is 4.48. The Bertz CT molecular complexity index is 654. The molecule has 0 spiro atoms. The molecule has 23 heavy (non-hydrogen) atoms. The number of carbonyl (C=O) groups excluding carboxylic acids is 2. The van der Waals surface area contributed by atoms with E-state index in [4.69, 9.17) is 9.47 Å². The van der Waals surface area contributed by atoms with Crippen LogP contribution in [-0.2, 0) is 4.79 Å². The molecular formula is C16H18NNaO5. The summed E-state index contributed by atoms with van der Waals surface area (Å²) in [5, 5.41) is 12.3. The van der Waals surface area contributed by atoms with Gasteiger partial charge >= 0.3 is 29.6 Å². The van der Waals surface area contributed by atoms with Gasteiger partial charge in [0.15, 0.2) is 5.78 Å². The molecule has 0 fully saturated rings. The number of rotatable bonds is 5. The molecule has 0 atom stereocenters. The molecule has 0 saturated carbocycles. The number of ether oxygens (including phenoxy) is 2. The van der Waals surface area contributed by atoms with E-state index in [-0.39, 0.29) is 59.0 Å². The summed E-state index contributed by atoms with van der Waals surface area (Å²) in [4.78, 5) is 26.0. The molecule has 1 heterocycles. The Morgan fingerprint density at radius 1 is 1.26 bits per heavy atom. The first-order chi connectivity index (χ1) is 10.4. The Morgan fingerprint density at radius 2 is 1.91 bits per heavy atom. The van der Waals surface area contributed by atoms with Crippen molar-refractivity contribution in [3.05, 3.63) is 35.2 Å². The first-order valence-corrected chi connectivity index (χ1v) is 6.88. The van der Waals surface area contributed by atoms with Gasteiger partial charge in [-0.25, -0.2) is 0 Å². The van der Waals surface area contributed by atoms with Crippen LogP contribution in [0.15, 0.2) is 29.7 Å². The molecule has 0 saturated heterocycles. The Morgan fingerprint density at radius 3 is 2.39 bits per heavy atom. The average Bonchev–Trinajstić information content (AvgIpc) is 2.81. The maximum atomic E-state index is 12.6. The van der Waals surface area contributed by atoms with Gasteiger partial charge in [0.05, 0.1) is 31.9 Å². The molecule has 1 aliphatic rings. The van der Waals surface area contributed by atoms with Crippen LogP contribution in [-0.4, -0.2) is 43.3 Å². The smallest absolute Gasteiger partial charge is 0.860 e. The fraction of sp³-hybridized carbons (Fsp3) is 0.375. The van der Waals surface area contributed by atoms with E-state index < -0.39 is 17.4 Å². The van der Waals surface area contributed by atoms with Crippen LogP contribution in [0.3, 0.4) is 0 Å². The van der Waals surface area contributed by atoms with Crippen LogP contribution in [0.25, 0.3) is 0 Å². The van der Waals surface area contributed by atoms with E-state index >= 15 is 0 Å². The molecule has 118 valence electrons. The van der Waals surface area contributed by atoms with Crippen LogP contribution in [0.2, 0.25) is 0 Å². The van der Waals surface area contributed by atoms with E-state index in [9.17, 15) is 14.7 Å². The summed E-state index contributed by atoms with van der Waals surface area (Å²) in [6.45, 7) is 3.54. The van der Waals surface area contributed by atoms with Crippen molar-refractivity contribution in [2.75, 3.05) is 20.8 Å². The minimum absolute atomic E-state index is 0. The summed E-state index contributed by atoms with van der Waals surface area (Å²) in [5.74, 6) is -0.811. The van der Waals surface area contributed by atoms with Crippen molar-refractivity contribution in [1.29, 1.82) is 0 Å². The maximum Gasteiger partial charge on any atom is 1.00 e. The second kappa shape index (κ2) is 7.86. The van der Waals surface area contributed by atoms with Gasteiger partial charge in [-0.2, -0.15) is 0 Å². The van der Waals surface area contributed by atoms with Crippen molar-refractivity contribution in [3.63, 3.8) is 0 Å². The molecule has 0 amide bonds. The molecule has 1 aliphatic heterocycles. The van der Waals surface area contributed by atoms with Crippen LogP contribution < -0.4 is 44.1 Å². The van der Waals surface area contributed by atoms with Crippen LogP contribution >= 0.6 is 0 Å². The number of ketones is 2. The molecule has 0 N–H and O–H groups in total. The molecule has 1 aromatic rings. The summed E-state index contributed by atoms with van der Waals surface area (Å²) >= 11 is 0. The summed E-state index contributed by atoms with van der Waals surface area (Å²) in [7, 11) is 2.91. The van der Waals surface area contributed by atoms with Crippen LogP contribution in [0.1, 0.15) is 24.2 Å². The molecule has 0 radical (unpaired) electrons. The number of methoxy groups -OCH3 is 2. The maximum absolute atomic E-state index is 12.6. The topological polar surface area (TPSA) is 78.9 Å². The average molecular weight is 327 g/mol. The largest absolute Gasteiger partial charge is 1.00 e. The first kappa shape index (κ1) is 19.5. The normalized spacial score (nSPS) is 14.1. The molecule has 0 aliphatic carbocycles. The minimum Gasteiger partial charge on any atom is -0.860 e. The Hall–Kier alpha value is -1.50. The molecular weight excluding hydrogens is 309 g/mol. The van der Waals surface area contributed by atoms with Gasteiger partial charge in [-0.15, -0.1) is 0 Å². The molecule has 0 unspecified atom stereocenters. The molecule has 7 heteroatoms. The standard InChI is InChI=1S/C16H19NO5.Na/c1-9(2)17-8-12(18)14(16(17)20)15(19)11-6-5-10(21-3)7-13(11)22-4;/h5-7,9,20H,8H2,1-4H3;/q;+1/p-1. The molecule has 1 aromatic carbocycles. The van der Waals surface area contributed by atoms with Gasteiger partial charge in [-0.3, -0.25) is 9.59 Å². The second-order valence-electron chi connectivity index (χ2n) is 5.22. The fourth-order valence-corrected chi connectivity index (χ4v) is 2.33. The third kappa shape index (κ3) is 3.71. The van der Waals surface area contributed by atoms with Crippen LogP contribution in [0.4, 0.5) is 0 Å². The van der Waals surface area contributed by atoms with Crippen molar-refractivity contribution in [1.82, 2.24) is 4.90 Å². The van der Waals surface area contributed by atoms with Gasteiger partial charge in [0.25, 0.3) is 0 Å². The van der Waals surface area contributed by atoms with E-state index in [1.807, 2.05) is 0 Å². The minimum atomic E-state index is -0.613. The van der Waals surface area contributed by atoms with Crippen molar-refractivity contribution >= 4 is 11.6 Å². The van der Waals surface area contributed by atoms with Gasteiger partial charge < -0.3 is 19.5 Å². The monoisotopic (exact) mass is 327 g/mol. The summed E-state index contributed by atoms with van der Waals surface area (Å²) < 4.78 is 10.2. The molecule has 0 aromatic heterocycles. The van der Waals surface area contributed by atoms with Gasteiger partial charge in [0, 0.05) is 12.1 Å². The van der Waals surface area contributed by atoms with E-state index in [2.05, 4.69) is 0 Å². The number of benzene rings is 1. The van der Waals surface area contributed by atoms with E-state index in [1.54, 1.807) is 19.9 Å². The number of carbonyl (C=O) groups is 2. The van der Waals surface area contributed by atoms with Crippen molar-refractivity contribution in [2.45, 2.75) is 19.9 Å². The van der Waals surface area contributed by atoms with Crippen molar-refractivity contribution in [2.24, 2.45) is 0 Å². The van der Waals surface area contributed by atoms with Crippen LogP contribution in [0.5, 0.6) is 11.5 Å². The summed E-state index contributed by atoms with van der Waals surface area (Å²) in [5.41, 5.74) is -0.136. The van der Waals surface area contributed by atoms with Gasteiger partial charge in [0.2, 0.25) is 5.78 Å². The number of hydrogen-bond donors (Lipinski definition) is 0. The molecule has 6 nitrogen and oxygen atoms in total. The van der Waals surface area contributed by atoms with E-state index in [1.165, 1.54) is 31.3 Å².